The average molecular weight is 417 g/mol. The smallest absolute Gasteiger partial charge is 0.245 e. The Balaban J connectivity index is 1.27. The summed E-state index contributed by atoms with van der Waals surface area (Å²) in [5.41, 5.74) is 4.34. The lowest BCUT2D eigenvalue weighted by molar-refractivity contribution is -0.0324. The third kappa shape index (κ3) is 3.56. The van der Waals surface area contributed by atoms with Gasteiger partial charge in [-0.3, -0.25) is 14.3 Å². The van der Waals surface area contributed by atoms with Crippen LogP contribution < -0.4 is 0 Å². The fourth-order valence-corrected chi connectivity index (χ4v) is 4.85. The summed E-state index contributed by atoms with van der Waals surface area (Å²) in [5, 5.41) is 12.3. The highest BCUT2D eigenvalue weighted by Crippen LogP contribution is 2.27. The van der Waals surface area contributed by atoms with Crippen LogP contribution in [0.5, 0.6) is 0 Å². The molecule has 1 aliphatic rings. The molecule has 5 rings (SSSR count). The molecule has 6 heteroatoms. The minimum atomic E-state index is -0.782. The van der Waals surface area contributed by atoms with Crippen molar-refractivity contribution in [3.05, 3.63) is 66.1 Å². The molecule has 4 aromatic rings. The number of hydrogen-bond acceptors (Lipinski definition) is 4. The number of fused-ring (bicyclic) bond motifs is 2. The lowest BCUT2D eigenvalue weighted by Crippen LogP contribution is -2.48. The number of carbonyl (C=O) groups is 1. The van der Waals surface area contributed by atoms with Crippen molar-refractivity contribution in [2.24, 2.45) is 0 Å². The standard InChI is InChI=1S/C25H28N4O2/c1-18-19(2)29(22-9-5-3-7-20(18)22)24(30)15-27-13-11-25(31,12-14-27)16-28-17-26-21-8-4-6-10-23(21)28/h3-10,17,31H,11-16H2,1-2H3. The molecule has 31 heavy (non-hydrogen) atoms. The Bertz CT molecular complexity index is 1260. The van der Waals surface area contributed by atoms with Crippen LogP contribution in [0, 0.1) is 13.8 Å². The Morgan fingerprint density at radius 3 is 2.48 bits per heavy atom. The molecule has 0 aliphatic carbocycles. The molecule has 3 heterocycles. The van der Waals surface area contributed by atoms with Crippen LogP contribution in [0.15, 0.2) is 54.9 Å². The van der Waals surface area contributed by atoms with Crippen molar-refractivity contribution < 1.29 is 9.90 Å². The number of aryl methyl sites for hydroxylation is 1. The van der Waals surface area contributed by atoms with Gasteiger partial charge in [0.1, 0.15) is 0 Å². The number of likely N-dealkylation sites (tertiary alicyclic amines) is 1. The van der Waals surface area contributed by atoms with Crippen molar-refractivity contribution in [3.63, 3.8) is 0 Å². The van der Waals surface area contributed by atoms with E-state index in [1.54, 1.807) is 6.33 Å². The summed E-state index contributed by atoms with van der Waals surface area (Å²) in [5.74, 6) is 0.0906. The summed E-state index contributed by atoms with van der Waals surface area (Å²) in [4.78, 5) is 19.8. The number of benzene rings is 2. The molecule has 0 atom stereocenters. The number of piperidine rings is 1. The maximum atomic E-state index is 13.2. The number of rotatable bonds is 4. The van der Waals surface area contributed by atoms with Gasteiger partial charge in [-0.25, -0.2) is 4.98 Å². The Hall–Kier alpha value is -2.96. The van der Waals surface area contributed by atoms with E-state index in [4.69, 9.17) is 0 Å². The summed E-state index contributed by atoms with van der Waals surface area (Å²) >= 11 is 0. The molecule has 1 N–H and O–H groups in total. The van der Waals surface area contributed by atoms with Crippen molar-refractivity contribution in [2.45, 2.75) is 38.8 Å². The molecular formula is C25H28N4O2. The van der Waals surface area contributed by atoms with Gasteiger partial charge in [0.15, 0.2) is 0 Å². The Morgan fingerprint density at radius 2 is 1.71 bits per heavy atom. The molecule has 2 aromatic heterocycles. The summed E-state index contributed by atoms with van der Waals surface area (Å²) < 4.78 is 3.89. The monoisotopic (exact) mass is 416 g/mol. The van der Waals surface area contributed by atoms with Crippen LogP contribution in [-0.2, 0) is 6.54 Å². The highest BCUT2D eigenvalue weighted by Gasteiger charge is 2.34. The number of para-hydroxylation sites is 3. The quantitative estimate of drug-likeness (QED) is 0.550. The molecule has 1 fully saturated rings. The van der Waals surface area contributed by atoms with Crippen molar-refractivity contribution in [1.29, 1.82) is 0 Å². The Morgan fingerprint density at radius 1 is 1.03 bits per heavy atom. The van der Waals surface area contributed by atoms with Gasteiger partial charge >= 0.3 is 0 Å². The van der Waals surface area contributed by atoms with E-state index in [2.05, 4.69) is 22.9 Å². The van der Waals surface area contributed by atoms with Gasteiger partial charge in [-0.15, -0.1) is 0 Å². The first-order valence-corrected chi connectivity index (χ1v) is 10.9. The van der Waals surface area contributed by atoms with Gasteiger partial charge in [-0.05, 0) is 50.5 Å². The SMILES string of the molecule is Cc1c(C)n(C(=O)CN2CCC(O)(Cn3cnc4ccccc43)CC2)c2ccccc12. The minimum absolute atomic E-state index is 0.0906. The summed E-state index contributed by atoms with van der Waals surface area (Å²) in [6, 6.07) is 16.1. The summed E-state index contributed by atoms with van der Waals surface area (Å²) in [6.07, 6.45) is 3.08. The van der Waals surface area contributed by atoms with Gasteiger partial charge in [0.25, 0.3) is 0 Å². The summed E-state index contributed by atoms with van der Waals surface area (Å²) in [7, 11) is 0. The van der Waals surface area contributed by atoms with Gasteiger partial charge in [0, 0.05) is 24.2 Å². The van der Waals surface area contributed by atoms with Gasteiger partial charge in [-0.2, -0.15) is 0 Å². The number of imidazole rings is 1. The summed E-state index contributed by atoms with van der Waals surface area (Å²) in [6.45, 7) is 6.37. The fourth-order valence-electron chi connectivity index (χ4n) is 4.85. The molecular weight excluding hydrogens is 388 g/mol. The van der Waals surface area contributed by atoms with Crippen LogP contribution in [0.3, 0.4) is 0 Å². The van der Waals surface area contributed by atoms with E-state index in [1.165, 1.54) is 0 Å². The molecule has 1 saturated heterocycles. The second-order valence-corrected chi connectivity index (χ2v) is 8.82. The van der Waals surface area contributed by atoms with Gasteiger partial charge in [-0.1, -0.05) is 30.3 Å². The maximum Gasteiger partial charge on any atom is 0.245 e. The Labute approximate surface area is 181 Å². The maximum absolute atomic E-state index is 13.2. The zero-order valence-corrected chi connectivity index (χ0v) is 18.1. The third-order valence-electron chi connectivity index (χ3n) is 6.81. The molecule has 0 radical (unpaired) electrons. The molecule has 0 bridgehead atoms. The van der Waals surface area contributed by atoms with E-state index in [1.807, 2.05) is 58.5 Å². The first-order chi connectivity index (χ1) is 15.0. The van der Waals surface area contributed by atoms with E-state index in [0.717, 1.165) is 33.2 Å². The van der Waals surface area contributed by atoms with E-state index in [-0.39, 0.29) is 5.91 Å². The Kier molecular flexibility index (Phi) is 4.91. The number of aliphatic hydroxyl groups is 1. The molecule has 1 aliphatic heterocycles. The van der Waals surface area contributed by atoms with Crippen molar-refractivity contribution in [1.82, 2.24) is 19.0 Å². The predicted octanol–water partition coefficient (Wildman–Crippen LogP) is 3.78. The molecule has 160 valence electrons. The van der Waals surface area contributed by atoms with Gasteiger partial charge in [0.05, 0.1) is 41.6 Å². The fraction of sp³-hybridized carbons (Fsp3) is 0.360. The van der Waals surface area contributed by atoms with E-state index in [9.17, 15) is 9.90 Å². The number of aromatic nitrogens is 3. The van der Waals surface area contributed by atoms with E-state index >= 15 is 0 Å². The molecule has 0 amide bonds. The zero-order valence-electron chi connectivity index (χ0n) is 18.1. The molecule has 0 unspecified atom stereocenters. The predicted molar refractivity (Wildman–Crippen MR) is 122 cm³/mol. The lowest BCUT2D eigenvalue weighted by atomic mass is 9.91. The van der Waals surface area contributed by atoms with Crippen LogP contribution in [0.1, 0.15) is 28.9 Å². The number of carbonyl (C=O) groups excluding carboxylic acids is 1. The van der Waals surface area contributed by atoms with Crippen LogP contribution in [0.2, 0.25) is 0 Å². The number of hydrogen-bond donors (Lipinski definition) is 1. The zero-order chi connectivity index (χ0) is 21.6. The average Bonchev–Trinajstić information content (AvgIpc) is 3.29. The van der Waals surface area contributed by atoms with E-state index in [0.29, 0.717) is 39.0 Å². The largest absolute Gasteiger partial charge is 0.388 e. The van der Waals surface area contributed by atoms with Crippen molar-refractivity contribution in [2.75, 3.05) is 19.6 Å². The second kappa shape index (κ2) is 7.62. The highest BCUT2D eigenvalue weighted by molar-refractivity contribution is 5.96. The van der Waals surface area contributed by atoms with Crippen LogP contribution >= 0.6 is 0 Å². The third-order valence-corrected chi connectivity index (χ3v) is 6.81. The van der Waals surface area contributed by atoms with Crippen LogP contribution in [-0.4, -0.2) is 55.3 Å². The first kappa shape index (κ1) is 20.0. The van der Waals surface area contributed by atoms with Gasteiger partial charge in [0.2, 0.25) is 5.91 Å². The number of nitrogens with zero attached hydrogens (tertiary/aromatic N) is 4. The lowest BCUT2D eigenvalue weighted by Gasteiger charge is -2.38. The molecule has 2 aromatic carbocycles. The first-order valence-electron chi connectivity index (χ1n) is 10.9. The van der Waals surface area contributed by atoms with E-state index < -0.39 is 5.60 Å². The normalized spacial score (nSPS) is 16.9. The minimum Gasteiger partial charge on any atom is -0.388 e. The highest BCUT2D eigenvalue weighted by atomic mass is 16.3. The van der Waals surface area contributed by atoms with Gasteiger partial charge < -0.3 is 9.67 Å². The van der Waals surface area contributed by atoms with Crippen LogP contribution in [0.4, 0.5) is 0 Å². The second-order valence-electron chi connectivity index (χ2n) is 8.82. The molecule has 0 saturated carbocycles. The molecule has 0 spiro atoms. The van der Waals surface area contributed by atoms with Crippen molar-refractivity contribution >= 4 is 27.8 Å². The van der Waals surface area contributed by atoms with Crippen LogP contribution in [0.25, 0.3) is 21.9 Å². The van der Waals surface area contributed by atoms with Crippen molar-refractivity contribution in [3.8, 4) is 0 Å². The molecule has 6 nitrogen and oxygen atoms in total. The topological polar surface area (TPSA) is 63.3 Å².